The highest BCUT2D eigenvalue weighted by Gasteiger charge is 2.31. The van der Waals surface area contributed by atoms with Crippen molar-refractivity contribution in [3.8, 4) is 0 Å². The smallest absolute Gasteiger partial charge is 0.329 e. The molecule has 2 fully saturated rings. The molecule has 0 saturated carbocycles. The lowest BCUT2D eigenvalue weighted by atomic mass is 10.0. The van der Waals surface area contributed by atoms with Gasteiger partial charge in [0.2, 0.25) is 11.8 Å². The molecule has 0 spiro atoms. The lowest BCUT2D eigenvalue weighted by Gasteiger charge is -2.22. The molecule has 1 aromatic heterocycles. The molecule has 0 bridgehead atoms. The molecule has 0 radical (unpaired) electrons. The minimum Gasteiger partial charge on any atom is -0.378 e. The van der Waals surface area contributed by atoms with E-state index in [0.29, 0.717) is 12.5 Å². The van der Waals surface area contributed by atoms with Crippen LogP contribution in [0.25, 0.3) is 11.0 Å². The van der Waals surface area contributed by atoms with E-state index in [4.69, 9.17) is 4.74 Å². The number of nitrogens with one attached hydrogen (secondary N) is 2. The Balaban J connectivity index is 1.35. The van der Waals surface area contributed by atoms with Gasteiger partial charge in [0.25, 0.3) is 0 Å². The second-order valence-corrected chi connectivity index (χ2v) is 8.95. The number of nitrogens with zero attached hydrogens (tertiary/aromatic N) is 2. The molecule has 2 N–H and O–H groups in total. The second-order valence-electron chi connectivity index (χ2n) is 8.95. The Bertz CT molecular complexity index is 1020. The van der Waals surface area contributed by atoms with Crippen LogP contribution in [0.15, 0.2) is 23.0 Å². The van der Waals surface area contributed by atoms with Crippen LogP contribution < -0.4 is 16.3 Å². The zero-order valence-electron chi connectivity index (χ0n) is 18.9. The fraction of sp³-hybridized carbons (Fsp3) is 0.625. The van der Waals surface area contributed by atoms with Crippen LogP contribution in [-0.2, 0) is 27.8 Å². The number of fused-ring (bicyclic) bond motifs is 1. The number of ether oxygens (including phenoxy) is 1. The highest BCUT2D eigenvalue weighted by atomic mass is 16.5. The van der Waals surface area contributed by atoms with Crippen LogP contribution in [0.1, 0.15) is 63.0 Å². The Labute approximate surface area is 188 Å². The van der Waals surface area contributed by atoms with Crippen LogP contribution in [0.4, 0.5) is 0 Å². The first-order valence-corrected chi connectivity index (χ1v) is 11.9. The number of unbranched alkanes of at least 4 members (excludes halogenated alkanes) is 3. The Morgan fingerprint density at radius 3 is 2.59 bits per heavy atom. The topological polar surface area (TPSA) is 94.4 Å². The number of piperidine rings is 2. The van der Waals surface area contributed by atoms with Crippen molar-refractivity contribution in [3.05, 3.63) is 34.2 Å². The van der Waals surface area contributed by atoms with Crippen molar-refractivity contribution < 1.29 is 14.3 Å². The van der Waals surface area contributed by atoms with Crippen molar-refractivity contribution in [1.82, 2.24) is 19.8 Å². The van der Waals surface area contributed by atoms with E-state index in [-0.39, 0.29) is 18.0 Å². The summed E-state index contributed by atoms with van der Waals surface area (Å²) in [6.07, 6.45) is 8.52. The number of hydrogen-bond acceptors (Lipinski definition) is 5. The highest BCUT2D eigenvalue weighted by Crippen LogP contribution is 2.26. The number of imide groups is 1. The first kappa shape index (κ1) is 22.7. The summed E-state index contributed by atoms with van der Waals surface area (Å²) in [5.74, 6) is -0.672. The van der Waals surface area contributed by atoms with E-state index < -0.39 is 11.9 Å². The third kappa shape index (κ3) is 4.96. The number of hydrogen-bond donors (Lipinski definition) is 2. The van der Waals surface area contributed by atoms with E-state index in [1.165, 1.54) is 0 Å². The van der Waals surface area contributed by atoms with Gasteiger partial charge in [0.1, 0.15) is 6.04 Å². The lowest BCUT2D eigenvalue weighted by molar-refractivity contribution is -0.135. The first-order chi connectivity index (χ1) is 15.6. The molecule has 2 aliphatic heterocycles. The molecule has 2 amide bonds. The predicted molar refractivity (Wildman–Crippen MR) is 123 cm³/mol. The monoisotopic (exact) mass is 442 g/mol. The molecular weight excluding hydrogens is 408 g/mol. The fourth-order valence-corrected chi connectivity index (χ4v) is 4.93. The third-order valence-electron chi connectivity index (χ3n) is 6.69. The molecule has 1 atom stereocenters. The van der Waals surface area contributed by atoms with Crippen LogP contribution in [-0.4, -0.2) is 46.7 Å². The van der Waals surface area contributed by atoms with Gasteiger partial charge in [-0.15, -0.1) is 0 Å². The first-order valence-electron chi connectivity index (χ1n) is 11.9. The van der Waals surface area contributed by atoms with Crippen LogP contribution in [0, 0.1) is 0 Å². The molecule has 1 unspecified atom stereocenters. The summed E-state index contributed by atoms with van der Waals surface area (Å²) in [6.45, 7) is 2.96. The predicted octanol–water partition coefficient (Wildman–Crippen LogP) is 2.19. The molecule has 2 aliphatic rings. The summed E-state index contributed by atoms with van der Waals surface area (Å²) in [4.78, 5) is 36.9. The maximum Gasteiger partial charge on any atom is 0.329 e. The molecule has 1 aromatic carbocycles. The SMILES string of the molecule is Cn1c(=O)n(C2CCC(=O)NC2=O)c2cccc(CCCCCCOC3CCNCC3)c21. The number of amides is 2. The second kappa shape index (κ2) is 10.4. The summed E-state index contributed by atoms with van der Waals surface area (Å²) in [7, 11) is 1.76. The molecule has 8 nitrogen and oxygen atoms in total. The van der Waals surface area contributed by atoms with Crippen molar-refractivity contribution in [3.63, 3.8) is 0 Å². The zero-order valence-corrected chi connectivity index (χ0v) is 18.9. The van der Waals surface area contributed by atoms with E-state index in [2.05, 4.69) is 16.7 Å². The van der Waals surface area contributed by atoms with Crippen molar-refractivity contribution in [2.45, 2.75) is 69.9 Å². The van der Waals surface area contributed by atoms with Gasteiger partial charge in [-0.05, 0) is 63.2 Å². The quantitative estimate of drug-likeness (QED) is 0.459. The minimum absolute atomic E-state index is 0.211. The molecule has 8 heteroatoms. The number of benzene rings is 1. The summed E-state index contributed by atoms with van der Waals surface area (Å²) >= 11 is 0. The largest absolute Gasteiger partial charge is 0.378 e. The molecule has 0 aliphatic carbocycles. The average Bonchev–Trinajstić information content (AvgIpc) is 3.05. The van der Waals surface area contributed by atoms with Gasteiger partial charge in [-0.2, -0.15) is 0 Å². The number of para-hydroxylation sites is 1. The van der Waals surface area contributed by atoms with Crippen LogP contribution >= 0.6 is 0 Å². The van der Waals surface area contributed by atoms with Gasteiger partial charge >= 0.3 is 5.69 Å². The zero-order chi connectivity index (χ0) is 22.5. The summed E-state index contributed by atoms with van der Waals surface area (Å²) < 4.78 is 9.17. The summed E-state index contributed by atoms with van der Waals surface area (Å²) in [5.41, 5.74) is 2.56. The van der Waals surface area contributed by atoms with Gasteiger partial charge in [0.05, 0.1) is 17.1 Å². The number of carbonyl (C=O) groups excluding carboxylic acids is 2. The Morgan fingerprint density at radius 1 is 1.03 bits per heavy atom. The van der Waals surface area contributed by atoms with Crippen LogP contribution in [0.5, 0.6) is 0 Å². The van der Waals surface area contributed by atoms with E-state index in [1.807, 2.05) is 12.1 Å². The van der Waals surface area contributed by atoms with Gasteiger partial charge in [0, 0.05) is 20.1 Å². The maximum absolute atomic E-state index is 13.0. The third-order valence-corrected chi connectivity index (χ3v) is 6.69. The van der Waals surface area contributed by atoms with E-state index >= 15 is 0 Å². The molecule has 4 rings (SSSR count). The minimum atomic E-state index is -0.640. The summed E-state index contributed by atoms with van der Waals surface area (Å²) in [5, 5.41) is 5.72. The van der Waals surface area contributed by atoms with E-state index in [1.54, 1.807) is 16.2 Å². The van der Waals surface area contributed by atoms with Gasteiger partial charge in [-0.3, -0.25) is 24.0 Å². The van der Waals surface area contributed by atoms with Crippen molar-refractivity contribution in [1.29, 1.82) is 0 Å². The van der Waals surface area contributed by atoms with Crippen LogP contribution in [0.2, 0.25) is 0 Å². The number of aryl methyl sites for hydroxylation is 2. The van der Waals surface area contributed by atoms with Gasteiger partial charge in [-0.1, -0.05) is 25.0 Å². The molecule has 2 aromatic rings. The number of rotatable bonds is 9. The normalized spacial score (nSPS) is 20.1. The number of aromatic nitrogens is 2. The van der Waals surface area contributed by atoms with Crippen LogP contribution in [0.3, 0.4) is 0 Å². The average molecular weight is 443 g/mol. The number of carbonyl (C=O) groups is 2. The fourth-order valence-electron chi connectivity index (χ4n) is 4.93. The standard InChI is InChI=1S/C24H34N4O4/c1-27-22-17(7-4-2-3-5-16-32-18-12-14-25-15-13-18)8-6-9-19(22)28(24(27)31)20-10-11-21(29)26-23(20)30/h6,8-9,18,20,25H,2-5,7,10-16H2,1H3,(H,26,29,30). The lowest BCUT2D eigenvalue weighted by Crippen LogP contribution is -2.44. The van der Waals surface area contributed by atoms with E-state index in [9.17, 15) is 14.4 Å². The summed E-state index contributed by atoms with van der Waals surface area (Å²) in [6, 6.07) is 5.27. The van der Waals surface area contributed by atoms with Gasteiger partial charge in [-0.25, -0.2) is 4.79 Å². The maximum atomic E-state index is 13.0. The van der Waals surface area contributed by atoms with Crippen molar-refractivity contribution in [2.24, 2.45) is 7.05 Å². The molecule has 174 valence electrons. The number of imidazole rings is 1. The Morgan fingerprint density at radius 2 is 1.81 bits per heavy atom. The molecule has 32 heavy (non-hydrogen) atoms. The van der Waals surface area contributed by atoms with Gasteiger partial charge in [0.15, 0.2) is 0 Å². The van der Waals surface area contributed by atoms with Crippen molar-refractivity contribution >= 4 is 22.8 Å². The Hall–Kier alpha value is -2.45. The van der Waals surface area contributed by atoms with E-state index in [0.717, 1.165) is 81.2 Å². The Kier molecular flexibility index (Phi) is 7.42. The van der Waals surface area contributed by atoms with Crippen molar-refractivity contribution in [2.75, 3.05) is 19.7 Å². The molecule has 2 saturated heterocycles. The molecular formula is C24H34N4O4. The van der Waals surface area contributed by atoms with Gasteiger partial charge < -0.3 is 10.1 Å². The highest BCUT2D eigenvalue weighted by molar-refractivity contribution is 6.00. The molecule has 3 heterocycles.